The topological polar surface area (TPSA) is 59.4 Å². The second-order valence-electron chi connectivity index (χ2n) is 6.31. The van der Waals surface area contributed by atoms with Gasteiger partial charge in [-0.25, -0.2) is 0 Å². The standard InChI is InChI=1S/C16H28N4O2/c1-5-16(4,19-6-8-22-9-7-19)12-17-15(21)11-20-14(3)10-13(2)18-20/h10H,5-9,11-12H2,1-4H3,(H,17,21)/t16-/m1/s1. The summed E-state index contributed by atoms with van der Waals surface area (Å²) < 4.78 is 7.17. The molecule has 1 aliphatic rings. The Labute approximate surface area is 132 Å². The van der Waals surface area contributed by atoms with Gasteiger partial charge in [0, 0.05) is 30.9 Å². The molecular weight excluding hydrogens is 280 g/mol. The Morgan fingerprint density at radius 1 is 1.41 bits per heavy atom. The molecule has 0 saturated carbocycles. The Kier molecular flexibility index (Phi) is 5.58. The highest BCUT2D eigenvalue weighted by molar-refractivity contribution is 5.75. The monoisotopic (exact) mass is 308 g/mol. The van der Waals surface area contributed by atoms with Crippen molar-refractivity contribution in [2.24, 2.45) is 0 Å². The van der Waals surface area contributed by atoms with Crippen LogP contribution in [0.25, 0.3) is 0 Å². The third-order valence-electron chi connectivity index (χ3n) is 4.60. The van der Waals surface area contributed by atoms with Gasteiger partial charge in [-0.3, -0.25) is 14.4 Å². The summed E-state index contributed by atoms with van der Waals surface area (Å²) in [5.41, 5.74) is 1.94. The number of nitrogens with zero attached hydrogens (tertiary/aromatic N) is 3. The van der Waals surface area contributed by atoms with Crippen LogP contribution in [0.2, 0.25) is 0 Å². The highest BCUT2D eigenvalue weighted by Gasteiger charge is 2.31. The van der Waals surface area contributed by atoms with Gasteiger partial charge in [0.1, 0.15) is 6.54 Å². The maximum Gasteiger partial charge on any atom is 0.241 e. The Morgan fingerprint density at radius 2 is 2.09 bits per heavy atom. The lowest BCUT2D eigenvalue weighted by atomic mass is 9.95. The normalized spacial score (nSPS) is 18.9. The molecule has 1 saturated heterocycles. The Balaban J connectivity index is 1.89. The Hall–Kier alpha value is -1.40. The van der Waals surface area contributed by atoms with Gasteiger partial charge in [-0.15, -0.1) is 0 Å². The number of nitrogens with one attached hydrogen (secondary N) is 1. The van der Waals surface area contributed by atoms with Crippen LogP contribution >= 0.6 is 0 Å². The van der Waals surface area contributed by atoms with Crippen LogP contribution in [0.5, 0.6) is 0 Å². The largest absolute Gasteiger partial charge is 0.379 e. The molecule has 2 rings (SSSR count). The molecule has 0 bridgehead atoms. The smallest absolute Gasteiger partial charge is 0.241 e. The number of aromatic nitrogens is 2. The molecule has 1 N–H and O–H groups in total. The first-order chi connectivity index (χ1) is 10.4. The Morgan fingerprint density at radius 3 is 2.64 bits per heavy atom. The summed E-state index contributed by atoms with van der Waals surface area (Å²) in [6, 6.07) is 1.98. The zero-order valence-corrected chi connectivity index (χ0v) is 14.2. The second-order valence-corrected chi connectivity index (χ2v) is 6.31. The molecule has 6 heteroatoms. The van der Waals surface area contributed by atoms with Gasteiger partial charge < -0.3 is 10.1 Å². The lowest BCUT2D eigenvalue weighted by Gasteiger charge is -2.43. The number of hydrogen-bond donors (Lipinski definition) is 1. The summed E-state index contributed by atoms with van der Waals surface area (Å²) in [5.74, 6) is 0.0131. The zero-order chi connectivity index (χ0) is 16.2. The average molecular weight is 308 g/mol. The molecule has 124 valence electrons. The predicted octanol–water partition coefficient (Wildman–Crippen LogP) is 1.12. The lowest BCUT2D eigenvalue weighted by Crippen LogP contribution is -2.57. The van der Waals surface area contributed by atoms with Crippen molar-refractivity contribution in [1.29, 1.82) is 0 Å². The first-order valence-electron chi connectivity index (χ1n) is 8.05. The fourth-order valence-corrected chi connectivity index (χ4v) is 2.88. The number of amides is 1. The van der Waals surface area contributed by atoms with E-state index in [0.717, 1.165) is 44.1 Å². The van der Waals surface area contributed by atoms with E-state index >= 15 is 0 Å². The number of ether oxygens (including phenoxy) is 1. The fraction of sp³-hybridized carbons (Fsp3) is 0.750. The van der Waals surface area contributed by atoms with E-state index in [-0.39, 0.29) is 18.0 Å². The van der Waals surface area contributed by atoms with Gasteiger partial charge in [0.15, 0.2) is 0 Å². The summed E-state index contributed by atoms with van der Waals surface area (Å²) in [6.07, 6.45) is 0.993. The highest BCUT2D eigenvalue weighted by atomic mass is 16.5. The maximum absolute atomic E-state index is 12.2. The quantitative estimate of drug-likeness (QED) is 0.855. The summed E-state index contributed by atoms with van der Waals surface area (Å²) >= 11 is 0. The Bertz CT molecular complexity index is 508. The second kappa shape index (κ2) is 7.24. The van der Waals surface area contributed by atoms with Crippen molar-refractivity contribution in [2.75, 3.05) is 32.8 Å². The van der Waals surface area contributed by atoms with Crippen molar-refractivity contribution >= 4 is 5.91 Å². The van der Waals surface area contributed by atoms with Gasteiger partial charge in [-0.05, 0) is 33.3 Å². The van der Waals surface area contributed by atoms with E-state index in [1.807, 2.05) is 19.9 Å². The minimum atomic E-state index is -0.0193. The zero-order valence-electron chi connectivity index (χ0n) is 14.2. The van der Waals surface area contributed by atoms with Crippen molar-refractivity contribution in [3.8, 4) is 0 Å². The molecule has 1 aliphatic heterocycles. The SMILES string of the molecule is CC[C@](C)(CNC(=O)Cn1nc(C)cc1C)N1CCOCC1. The van der Waals surface area contributed by atoms with E-state index in [9.17, 15) is 4.79 Å². The lowest BCUT2D eigenvalue weighted by molar-refractivity contribution is -0.122. The molecule has 0 aliphatic carbocycles. The highest BCUT2D eigenvalue weighted by Crippen LogP contribution is 2.19. The molecule has 1 atom stereocenters. The summed E-state index contributed by atoms with van der Waals surface area (Å²) in [5, 5.41) is 7.41. The molecule has 0 unspecified atom stereocenters. The number of rotatable bonds is 6. The molecule has 1 aromatic rings. The van der Waals surface area contributed by atoms with E-state index < -0.39 is 0 Å². The molecule has 22 heavy (non-hydrogen) atoms. The maximum atomic E-state index is 12.2. The molecule has 6 nitrogen and oxygen atoms in total. The van der Waals surface area contributed by atoms with Crippen LogP contribution in [0, 0.1) is 13.8 Å². The first kappa shape index (κ1) is 17.0. The third kappa shape index (κ3) is 4.08. The molecular formula is C16H28N4O2. The van der Waals surface area contributed by atoms with Crippen molar-refractivity contribution < 1.29 is 9.53 Å². The molecule has 0 aromatic carbocycles. The van der Waals surface area contributed by atoms with Gasteiger partial charge in [0.25, 0.3) is 0 Å². The van der Waals surface area contributed by atoms with E-state index in [0.29, 0.717) is 6.54 Å². The van der Waals surface area contributed by atoms with Crippen LogP contribution in [0.15, 0.2) is 6.07 Å². The van der Waals surface area contributed by atoms with Gasteiger partial charge in [0.05, 0.1) is 18.9 Å². The summed E-state index contributed by atoms with van der Waals surface area (Å²) in [6.45, 7) is 12.6. The van der Waals surface area contributed by atoms with E-state index in [1.165, 1.54) is 0 Å². The molecule has 2 heterocycles. The number of carbonyl (C=O) groups excluding carboxylic acids is 1. The van der Waals surface area contributed by atoms with Crippen molar-refractivity contribution in [3.05, 3.63) is 17.5 Å². The van der Waals surface area contributed by atoms with Crippen molar-refractivity contribution in [2.45, 2.75) is 46.2 Å². The van der Waals surface area contributed by atoms with Gasteiger partial charge >= 0.3 is 0 Å². The molecule has 1 amide bonds. The van der Waals surface area contributed by atoms with Crippen LogP contribution in [0.3, 0.4) is 0 Å². The molecule has 0 spiro atoms. The van der Waals surface area contributed by atoms with Gasteiger partial charge in [-0.1, -0.05) is 6.92 Å². The van der Waals surface area contributed by atoms with E-state index in [1.54, 1.807) is 4.68 Å². The van der Waals surface area contributed by atoms with Crippen LogP contribution < -0.4 is 5.32 Å². The van der Waals surface area contributed by atoms with Crippen LogP contribution in [-0.2, 0) is 16.1 Å². The summed E-state index contributed by atoms with van der Waals surface area (Å²) in [4.78, 5) is 14.6. The fourth-order valence-electron chi connectivity index (χ4n) is 2.88. The molecule has 0 radical (unpaired) electrons. The van der Waals surface area contributed by atoms with E-state index in [2.05, 4.69) is 29.2 Å². The number of carbonyl (C=O) groups is 1. The number of morpholine rings is 1. The predicted molar refractivity (Wildman–Crippen MR) is 85.8 cm³/mol. The minimum Gasteiger partial charge on any atom is -0.379 e. The average Bonchev–Trinajstić information content (AvgIpc) is 2.83. The molecule has 1 aromatic heterocycles. The summed E-state index contributed by atoms with van der Waals surface area (Å²) in [7, 11) is 0. The number of aryl methyl sites for hydroxylation is 2. The van der Waals surface area contributed by atoms with Gasteiger partial charge in [-0.2, -0.15) is 5.10 Å². The van der Waals surface area contributed by atoms with Crippen molar-refractivity contribution in [1.82, 2.24) is 20.0 Å². The minimum absolute atomic E-state index is 0.0131. The number of hydrogen-bond acceptors (Lipinski definition) is 4. The van der Waals surface area contributed by atoms with Crippen LogP contribution in [0.1, 0.15) is 31.7 Å². The van der Waals surface area contributed by atoms with Crippen LogP contribution in [0.4, 0.5) is 0 Å². The molecule has 1 fully saturated rings. The van der Waals surface area contributed by atoms with Crippen LogP contribution in [-0.4, -0.2) is 59.0 Å². The third-order valence-corrected chi connectivity index (χ3v) is 4.60. The first-order valence-corrected chi connectivity index (χ1v) is 8.05. The van der Waals surface area contributed by atoms with Crippen molar-refractivity contribution in [3.63, 3.8) is 0 Å². The van der Waals surface area contributed by atoms with Gasteiger partial charge in [0.2, 0.25) is 5.91 Å². The van der Waals surface area contributed by atoms with E-state index in [4.69, 9.17) is 4.74 Å².